The van der Waals surface area contributed by atoms with Crippen LogP contribution in [-0.4, -0.2) is 36.9 Å². The fourth-order valence-corrected chi connectivity index (χ4v) is 10.2. The van der Waals surface area contributed by atoms with E-state index in [0.717, 1.165) is 5.56 Å². The molecule has 0 aliphatic heterocycles. The van der Waals surface area contributed by atoms with Crippen molar-refractivity contribution < 1.29 is 36.7 Å². The molecule has 8 nitrogen and oxygen atoms in total. The second-order valence-electron chi connectivity index (χ2n) is 11.8. The average Bonchev–Trinajstić information content (AvgIpc) is 2.84. The van der Waals surface area contributed by atoms with Crippen molar-refractivity contribution in [3.05, 3.63) is 58.9 Å². The summed E-state index contributed by atoms with van der Waals surface area (Å²) in [5.41, 5.74) is 1.66. The van der Waals surface area contributed by atoms with Crippen LogP contribution in [0.1, 0.15) is 92.0 Å². The molecule has 0 saturated heterocycles. The van der Waals surface area contributed by atoms with Crippen molar-refractivity contribution in [1.82, 2.24) is 0 Å². The first-order valence-electron chi connectivity index (χ1n) is 14.1. The van der Waals surface area contributed by atoms with Gasteiger partial charge in [0, 0.05) is 5.56 Å². The van der Waals surface area contributed by atoms with Crippen LogP contribution < -0.4 is 5.32 Å². The maximum absolute atomic E-state index is 14.6. The second-order valence-corrected chi connectivity index (χ2v) is 16.5. The van der Waals surface area contributed by atoms with Crippen molar-refractivity contribution in [1.29, 1.82) is 0 Å². The smallest absolute Gasteiger partial charge is 0.348 e. The standard InChI is InChI=1S/C30H48FNO7P2/c1-11-36-40(34,37-12-2)28(41(35,38-13-3)39-14-4)26(21-15-17-23(31)18-16-21)32-25-20-22(29(5,6)7)19-24(27(25)33)30(8,9)10/h15-20,26,28,32-33H,11-14H2,1-10H3. The Morgan fingerprint density at radius 3 is 1.59 bits per heavy atom. The van der Waals surface area contributed by atoms with Crippen LogP contribution in [0, 0.1) is 5.82 Å². The highest BCUT2D eigenvalue weighted by molar-refractivity contribution is 7.72. The number of hydrogen-bond donors (Lipinski definition) is 2. The number of phenols is 1. The fourth-order valence-electron chi connectivity index (χ4n) is 4.56. The molecular formula is C30H48FNO7P2. The van der Waals surface area contributed by atoms with Crippen LogP contribution in [0.4, 0.5) is 10.1 Å². The molecule has 41 heavy (non-hydrogen) atoms. The average molecular weight is 616 g/mol. The number of aromatic hydroxyl groups is 1. The molecule has 0 heterocycles. The molecule has 1 unspecified atom stereocenters. The van der Waals surface area contributed by atoms with Crippen LogP contribution in [-0.2, 0) is 38.1 Å². The first-order valence-corrected chi connectivity index (χ1v) is 17.4. The Labute approximate surface area is 245 Å². The molecule has 0 aromatic heterocycles. The van der Waals surface area contributed by atoms with Crippen molar-refractivity contribution in [3.63, 3.8) is 0 Å². The van der Waals surface area contributed by atoms with Gasteiger partial charge in [-0.25, -0.2) is 4.39 Å². The lowest BCUT2D eigenvalue weighted by Crippen LogP contribution is -2.30. The molecule has 0 spiro atoms. The number of phenolic OH excluding ortho intramolecular Hbond substituents is 1. The summed E-state index contributed by atoms with van der Waals surface area (Å²) in [5.74, 6) is -0.492. The Bertz CT molecular complexity index is 1190. The minimum absolute atomic E-state index is 0.00109. The number of halogens is 1. The first kappa shape index (κ1) is 35.5. The van der Waals surface area contributed by atoms with Gasteiger partial charge in [0.25, 0.3) is 0 Å². The molecule has 2 aromatic carbocycles. The second kappa shape index (κ2) is 14.2. The van der Waals surface area contributed by atoms with E-state index in [-0.39, 0.29) is 37.6 Å². The van der Waals surface area contributed by atoms with Crippen LogP contribution in [0.15, 0.2) is 36.4 Å². The van der Waals surface area contributed by atoms with Crippen LogP contribution in [0.25, 0.3) is 0 Å². The van der Waals surface area contributed by atoms with Crippen molar-refractivity contribution in [3.8, 4) is 5.75 Å². The van der Waals surface area contributed by atoms with Crippen LogP contribution in [0.3, 0.4) is 0 Å². The lowest BCUT2D eigenvalue weighted by Gasteiger charge is -2.37. The Kier molecular flexibility index (Phi) is 12.2. The van der Waals surface area contributed by atoms with Crippen molar-refractivity contribution >= 4 is 20.9 Å². The SMILES string of the molecule is CCOP(=O)(OCC)C(C(Nc1cc(C(C)(C)C)cc(C(C)(C)C)c1O)c1ccc(F)cc1)P(=O)(OCC)OCC. The number of nitrogens with one attached hydrogen (secondary N) is 1. The number of benzene rings is 2. The van der Waals surface area contributed by atoms with Crippen molar-refractivity contribution in [2.45, 2.75) is 91.5 Å². The van der Waals surface area contributed by atoms with Gasteiger partial charge >= 0.3 is 15.2 Å². The Morgan fingerprint density at radius 2 is 1.22 bits per heavy atom. The third kappa shape index (κ3) is 8.65. The van der Waals surface area contributed by atoms with E-state index in [2.05, 4.69) is 26.1 Å². The fraction of sp³-hybridized carbons (Fsp3) is 0.600. The van der Waals surface area contributed by atoms with E-state index in [9.17, 15) is 18.6 Å². The molecule has 0 saturated carbocycles. The molecule has 0 radical (unpaired) electrons. The third-order valence-corrected chi connectivity index (χ3v) is 12.6. The summed E-state index contributed by atoms with van der Waals surface area (Å²) in [6.45, 7) is 18.8. The monoisotopic (exact) mass is 615 g/mol. The lowest BCUT2D eigenvalue weighted by molar-refractivity contribution is 0.192. The summed E-state index contributed by atoms with van der Waals surface area (Å²) in [4.78, 5) is 0. The molecule has 0 amide bonds. The van der Waals surface area contributed by atoms with Gasteiger partial charge in [0.1, 0.15) is 11.6 Å². The molecule has 2 N–H and O–H groups in total. The van der Waals surface area contributed by atoms with E-state index >= 15 is 0 Å². The van der Waals surface area contributed by atoms with Crippen molar-refractivity contribution in [2.75, 3.05) is 31.7 Å². The molecule has 0 fully saturated rings. The maximum atomic E-state index is 14.6. The molecule has 11 heteroatoms. The molecule has 0 bridgehead atoms. The largest absolute Gasteiger partial charge is 0.505 e. The van der Waals surface area contributed by atoms with Gasteiger partial charge in [0.2, 0.25) is 0 Å². The van der Waals surface area contributed by atoms with E-state index < -0.39 is 37.9 Å². The van der Waals surface area contributed by atoms with Gasteiger partial charge in [-0.1, -0.05) is 59.7 Å². The van der Waals surface area contributed by atoms with E-state index in [1.165, 1.54) is 24.3 Å². The van der Waals surface area contributed by atoms with Crippen molar-refractivity contribution in [2.24, 2.45) is 0 Å². The van der Waals surface area contributed by atoms with E-state index in [1.54, 1.807) is 27.7 Å². The zero-order valence-corrected chi connectivity index (χ0v) is 27.9. The molecule has 2 aromatic rings. The van der Waals surface area contributed by atoms with E-state index in [0.29, 0.717) is 16.8 Å². The Morgan fingerprint density at radius 1 is 0.780 bits per heavy atom. The van der Waals surface area contributed by atoms with E-state index in [1.807, 2.05) is 32.9 Å². The highest BCUT2D eigenvalue weighted by Crippen LogP contribution is 2.74. The summed E-state index contributed by atoms with van der Waals surface area (Å²) in [6, 6.07) is 8.19. The van der Waals surface area contributed by atoms with Gasteiger partial charge in [-0.2, -0.15) is 0 Å². The molecule has 232 valence electrons. The molecule has 0 aliphatic rings. The van der Waals surface area contributed by atoms with Gasteiger partial charge in [-0.3, -0.25) is 9.13 Å². The third-order valence-electron chi connectivity index (χ3n) is 6.51. The summed E-state index contributed by atoms with van der Waals surface area (Å²) >= 11 is 0. The number of anilines is 1. The molecule has 0 aliphatic carbocycles. The highest BCUT2D eigenvalue weighted by atomic mass is 31.2. The molecular weight excluding hydrogens is 567 g/mol. The molecule has 1 atom stereocenters. The number of hydrogen-bond acceptors (Lipinski definition) is 8. The van der Waals surface area contributed by atoms with Gasteiger partial charge in [0.15, 0.2) is 5.40 Å². The van der Waals surface area contributed by atoms with Crippen LogP contribution in [0.5, 0.6) is 5.75 Å². The predicted octanol–water partition coefficient (Wildman–Crippen LogP) is 9.14. The Hall–Kier alpha value is -1.73. The quantitative estimate of drug-likeness (QED) is 0.160. The summed E-state index contributed by atoms with van der Waals surface area (Å²) in [6.07, 6.45) is 0. The van der Waals surface area contributed by atoms with Gasteiger partial charge in [-0.05, 0) is 67.9 Å². The zero-order chi connectivity index (χ0) is 31.2. The summed E-state index contributed by atoms with van der Waals surface area (Å²) in [5, 5.41) is 13.4. The predicted molar refractivity (Wildman–Crippen MR) is 164 cm³/mol. The van der Waals surface area contributed by atoms with Crippen LogP contribution in [0.2, 0.25) is 0 Å². The topological polar surface area (TPSA) is 103 Å². The zero-order valence-electron chi connectivity index (χ0n) is 26.1. The van der Waals surface area contributed by atoms with E-state index in [4.69, 9.17) is 18.1 Å². The number of rotatable bonds is 14. The normalized spacial score (nSPS) is 14.0. The van der Waals surface area contributed by atoms with Crippen LogP contribution >= 0.6 is 15.2 Å². The minimum atomic E-state index is -4.24. The minimum Gasteiger partial charge on any atom is -0.505 e. The summed E-state index contributed by atoms with van der Waals surface area (Å²) < 4.78 is 66.2. The van der Waals surface area contributed by atoms with Gasteiger partial charge in [0.05, 0.1) is 38.2 Å². The highest BCUT2D eigenvalue weighted by Gasteiger charge is 2.56. The lowest BCUT2D eigenvalue weighted by atomic mass is 9.79. The summed E-state index contributed by atoms with van der Waals surface area (Å²) in [7, 11) is -8.47. The van der Waals surface area contributed by atoms with Gasteiger partial charge < -0.3 is 28.5 Å². The van der Waals surface area contributed by atoms with Gasteiger partial charge in [-0.15, -0.1) is 0 Å². The Balaban J connectivity index is 3.00. The molecule has 2 rings (SSSR count). The first-order chi connectivity index (χ1) is 19.0. The maximum Gasteiger partial charge on any atom is 0.348 e.